The highest BCUT2D eigenvalue weighted by Crippen LogP contribution is 2.42. The molecule has 0 heterocycles. The molecule has 1 fully saturated rings. The minimum atomic E-state index is 0.537. The quantitative estimate of drug-likeness (QED) is 0.297. The van der Waals surface area contributed by atoms with Crippen molar-refractivity contribution in [3.05, 3.63) is 23.8 Å². The van der Waals surface area contributed by atoms with Crippen LogP contribution in [-0.2, 0) is 0 Å². The minimum Gasteiger partial charge on any atom is -0.106 e. The van der Waals surface area contributed by atoms with Gasteiger partial charge >= 0.3 is 0 Å². The van der Waals surface area contributed by atoms with Crippen LogP contribution in [0.4, 0.5) is 0 Å². The summed E-state index contributed by atoms with van der Waals surface area (Å²) in [5.74, 6) is 10.6. The van der Waals surface area contributed by atoms with Gasteiger partial charge in [-0.2, -0.15) is 0 Å². The summed E-state index contributed by atoms with van der Waals surface area (Å²) in [5, 5.41) is 0. The van der Waals surface area contributed by atoms with Gasteiger partial charge in [-0.1, -0.05) is 100 Å². The first kappa shape index (κ1) is 33.7. The summed E-state index contributed by atoms with van der Waals surface area (Å²) < 4.78 is 0. The summed E-state index contributed by atoms with van der Waals surface area (Å²) in [6.45, 7) is 32.5. The zero-order valence-corrected chi connectivity index (χ0v) is 23.3. The predicted molar refractivity (Wildman–Crippen MR) is 143 cm³/mol. The molecule has 0 amide bonds. The maximum atomic E-state index is 4.18. The Morgan fingerprint density at radius 2 is 1.50 bits per heavy atom. The van der Waals surface area contributed by atoms with Crippen molar-refractivity contribution >= 4 is 0 Å². The number of hydrogen-bond donors (Lipinski definition) is 0. The molecule has 0 radical (unpaired) electrons. The van der Waals surface area contributed by atoms with Crippen molar-refractivity contribution < 1.29 is 0 Å². The Kier molecular flexibility index (Phi) is 23.9. The summed E-state index contributed by atoms with van der Waals surface area (Å²) in [6.07, 6.45) is 8.89. The van der Waals surface area contributed by atoms with Crippen LogP contribution in [0, 0.1) is 47.3 Å². The molecule has 0 nitrogen and oxygen atoms in total. The zero-order chi connectivity index (χ0) is 24.3. The molecule has 0 saturated heterocycles. The highest BCUT2D eigenvalue weighted by Gasteiger charge is 2.31. The third-order valence-electron chi connectivity index (χ3n) is 5.74. The van der Waals surface area contributed by atoms with Crippen LogP contribution in [0.5, 0.6) is 0 Å². The van der Waals surface area contributed by atoms with Crippen LogP contribution in [0.2, 0.25) is 0 Å². The predicted octanol–water partition coefficient (Wildman–Crippen LogP) is 10.4. The topological polar surface area (TPSA) is 0 Å². The van der Waals surface area contributed by atoms with E-state index in [9.17, 15) is 0 Å². The first-order valence-electron chi connectivity index (χ1n) is 12.7. The van der Waals surface area contributed by atoms with Crippen molar-refractivity contribution in [2.75, 3.05) is 0 Å². The monoisotopic (exact) mass is 418 g/mol. The second-order valence-electron chi connectivity index (χ2n) is 9.96. The van der Waals surface area contributed by atoms with Gasteiger partial charge in [-0.25, -0.2) is 0 Å². The molecule has 178 valence electrons. The van der Waals surface area contributed by atoms with Gasteiger partial charge in [0.1, 0.15) is 0 Å². The lowest BCUT2D eigenvalue weighted by Crippen LogP contribution is -2.26. The normalized spacial score (nSPS) is 18.5. The Bertz CT molecular complexity index is 476. The van der Waals surface area contributed by atoms with Gasteiger partial charge in [0, 0.05) is 5.92 Å². The Balaban J connectivity index is -0.000000359. The molecule has 0 spiro atoms. The third-order valence-corrected chi connectivity index (χ3v) is 5.74. The number of rotatable bonds is 6. The lowest BCUT2D eigenvalue weighted by molar-refractivity contribution is 0.210. The van der Waals surface area contributed by atoms with E-state index < -0.39 is 0 Å². The van der Waals surface area contributed by atoms with E-state index in [4.69, 9.17) is 0 Å². The molecule has 0 aliphatic heterocycles. The smallest absolute Gasteiger partial charge is 0.0146 e. The highest BCUT2D eigenvalue weighted by atomic mass is 14.4. The highest BCUT2D eigenvalue weighted by molar-refractivity contribution is 5.29. The van der Waals surface area contributed by atoms with Crippen molar-refractivity contribution in [2.24, 2.45) is 35.5 Å². The fourth-order valence-electron chi connectivity index (χ4n) is 3.30. The second kappa shape index (κ2) is 21.3. The maximum absolute atomic E-state index is 4.18. The second-order valence-corrected chi connectivity index (χ2v) is 9.96. The van der Waals surface area contributed by atoms with Crippen LogP contribution in [-0.4, -0.2) is 0 Å². The molecule has 0 heteroatoms. The molecule has 0 aromatic rings. The zero-order valence-electron chi connectivity index (χ0n) is 23.3. The van der Waals surface area contributed by atoms with E-state index in [-0.39, 0.29) is 0 Å². The Morgan fingerprint density at radius 1 is 1.00 bits per heavy atom. The van der Waals surface area contributed by atoms with Crippen molar-refractivity contribution in [3.63, 3.8) is 0 Å². The van der Waals surface area contributed by atoms with Crippen molar-refractivity contribution in [2.45, 2.75) is 122 Å². The van der Waals surface area contributed by atoms with Gasteiger partial charge in [-0.15, -0.1) is 11.8 Å². The van der Waals surface area contributed by atoms with Gasteiger partial charge in [0.2, 0.25) is 0 Å². The van der Waals surface area contributed by atoms with E-state index in [0.29, 0.717) is 5.92 Å². The molecule has 0 bridgehead atoms. The van der Waals surface area contributed by atoms with Crippen LogP contribution < -0.4 is 0 Å². The van der Waals surface area contributed by atoms with Crippen LogP contribution >= 0.6 is 0 Å². The molecule has 1 aliphatic carbocycles. The Morgan fingerprint density at radius 3 is 1.67 bits per heavy atom. The third kappa shape index (κ3) is 19.0. The van der Waals surface area contributed by atoms with E-state index >= 15 is 0 Å². The van der Waals surface area contributed by atoms with Gasteiger partial charge in [0.15, 0.2) is 0 Å². The largest absolute Gasteiger partial charge is 0.106 e. The summed E-state index contributed by atoms with van der Waals surface area (Å²) >= 11 is 0. The molecule has 30 heavy (non-hydrogen) atoms. The molecule has 1 saturated carbocycles. The molecular formula is C30H58. The van der Waals surface area contributed by atoms with Crippen LogP contribution in [0.3, 0.4) is 0 Å². The maximum Gasteiger partial charge on any atom is 0.0146 e. The van der Waals surface area contributed by atoms with Gasteiger partial charge < -0.3 is 0 Å². The molecule has 3 unspecified atom stereocenters. The van der Waals surface area contributed by atoms with E-state index in [2.05, 4.69) is 108 Å². The molecular weight excluding hydrogens is 360 g/mol. The standard InChI is InChI=1S/C12H20.C9H20.C6H10.C3H8/c1-5-9(3)10(4)12-8-7-11(12)6-2;1-7(2)6-9(5)8(3)4;1-4-5-6(2)3;1-3-2/h5,11-12H,4,6-8H2,1-3H3;7-9H,6H2,1-5H3;6H,1-3H3;3H2,1-2H3/b9-5-;;;. The van der Waals surface area contributed by atoms with Gasteiger partial charge in [0.25, 0.3) is 0 Å². The molecule has 1 aliphatic rings. The fourth-order valence-corrected chi connectivity index (χ4v) is 3.30. The minimum absolute atomic E-state index is 0.537. The Labute approximate surface area is 193 Å². The van der Waals surface area contributed by atoms with Crippen molar-refractivity contribution in [3.8, 4) is 11.8 Å². The van der Waals surface area contributed by atoms with E-state index in [1.165, 1.54) is 43.3 Å². The number of allylic oxidation sites excluding steroid dienone is 3. The molecule has 0 N–H and O–H groups in total. The number of hydrogen-bond acceptors (Lipinski definition) is 0. The molecule has 0 aromatic carbocycles. The van der Waals surface area contributed by atoms with Gasteiger partial charge in [-0.3, -0.25) is 0 Å². The Hall–Kier alpha value is -0.960. The average Bonchev–Trinajstić information content (AvgIpc) is 2.61. The average molecular weight is 419 g/mol. The summed E-state index contributed by atoms with van der Waals surface area (Å²) in [5.41, 5.74) is 2.77. The fraction of sp³-hybridized carbons (Fsp3) is 0.800. The first-order valence-corrected chi connectivity index (χ1v) is 12.7. The van der Waals surface area contributed by atoms with Crippen LogP contribution in [0.1, 0.15) is 122 Å². The summed E-state index contributed by atoms with van der Waals surface area (Å²) in [4.78, 5) is 0. The molecule has 0 aromatic heterocycles. The molecule has 3 atom stereocenters. The lowest BCUT2D eigenvalue weighted by atomic mass is 9.67. The van der Waals surface area contributed by atoms with E-state index in [1.54, 1.807) is 0 Å². The SMILES string of the molecule is C=C(/C(C)=C\C)C1CCC1CC.CC#CC(C)C.CC(C)CC(C)C(C)C.CCC. The van der Waals surface area contributed by atoms with Crippen molar-refractivity contribution in [1.82, 2.24) is 0 Å². The molecule has 1 rings (SSSR count). The summed E-state index contributed by atoms with van der Waals surface area (Å²) in [7, 11) is 0. The first-order chi connectivity index (χ1) is 13.9. The van der Waals surface area contributed by atoms with E-state index in [1.807, 2.05) is 6.92 Å². The summed E-state index contributed by atoms with van der Waals surface area (Å²) in [6, 6.07) is 0. The van der Waals surface area contributed by atoms with Gasteiger partial charge in [-0.05, 0) is 75.2 Å². The lowest BCUT2D eigenvalue weighted by Gasteiger charge is -2.38. The van der Waals surface area contributed by atoms with Crippen LogP contribution in [0.15, 0.2) is 23.8 Å². The van der Waals surface area contributed by atoms with Crippen LogP contribution in [0.25, 0.3) is 0 Å². The van der Waals surface area contributed by atoms with Gasteiger partial charge in [0.05, 0.1) is 0 Å². The van der Waals surface area contributed by atoms with Crippen molar-refractivity contribution in [1.29, 1.82) is 0 Å². The van der Waals surface area contributed by atoms with E-state index in [0.717, 1.165) is 29.6 Å².